The summed E-state index contributed by atoms with van der Waals surface area (Å²) in [5, 5.41) is 22.1. The summed E-state index contributed by atoms with van der Waals surface area (Å²) in [5.41, 5.74) is 1.46. The molecule has 2 N–H and O–H groups in total. The minimum atomic E-state index is -0.630. The van der Waals surface area contributed by atoms with E-state index in [-0.39, 0.29) is 12.5 Å². The summed E-state index contributed by atoms with van der Waals surface area (Å²) in [5.74, 6) is 0.324. The number of rotatable bonds is 4. The van der Waals surface area contributed by atoms with Crippen LogP contribution < -0.4 is 10.1 Å². The van der Waals surface area contributed by atoms with Gasteiger partial charge in [-0.25, -0.2) is 4.79 Å². The lowest BCUT2D eigenvalue weighted by atomic mass is 9.76. The number of urea groups is 1. The molecule has 6 nitrogen and oxygen atoms in total. The Labute approximate surface area is 146 Å². The van der Waals surface area contributed by atoms with Gasteiger partial charge in [0.05, 0.1) is 31.5 Å². The number of aliphatic hydroxyl groups is 1. The Bertz CT molecular complexity index is 788. The molecule has 2 aromatic carbocycles. The van der Waals surface area contributed by atoms with Gasteiger partial charge in [-0.1, -0.05) is 42.5 Å². The molecule has 1 aliphatic rings. The van der Waals surface area contributed by atoms with E-state index in [1.54, 1.807) is 24.3 Å². The second-order valence-electron chi connectivity index (χ2n) is 5.80. The molecule has 128 valence electrons. The fraction of sp³-hybridized carbons (Fsp3) is 0.263. The van der Waals surface area contributed by atoms with Crippen LogP contribution in [-0.4, -0.2) is 41.8 Å². The Morgan fingerprint density at radius 1 is 1.24 bits per heavy atom. The van der Waals surface area contributed by atoms with Crippen molar-refractivity contribution in [3.63, 3.8) is 0 Å². The number of methoxy groups -OCH3 is 1. The first-order valence-electron chi connectivity index (χ1n) is 7.99. The third-order valence-electron chi connectivity index (χ3n) is 4.50. The Balaban J connectivity index is 1.82. The van der Waals surface area contributed by atoms with Crippen LogP contribution in [-0.2, 0) is 0 Å². The molecule has 0 saturated carbocycles. The number of likely N-dealkylation sites (tertiary alicyclic amines) is 1. The standard InChI is InChI=1S/C19H19N3O3/c1-25-17-10-6-5-9-14(17)21-19(24)22-15(11-20)18(16(22)12-23)13-7-3-2-4-8-13/h2-10,15-16,18,23H,12H2,1H3,(H,21,24)/t15-,16+,18+/m0/s1. The van der Waals surface area contributed by atoms with Crippen molar-refractivity contribution in [2.75, 3.05) is 19.0 Å². The number of ether oxygens (including phenoxy) is 1. The van der Waals surface area contributed by atoms with Crippen molar-refractivity contribution in [2.24, 2.45) is 0 Å². The maximum absolute atomic E-state index is 12.7. The zero-order valence-electron chi connectivity index (χ0n) is 13.8. The molecule has 0 bridgehead atoms. The Kier molecular flexibility index (Phi) is 4.87. The summed E-state index contributed by atoms with van der Waals surface area (Å²) in [6.07, 6.45) is 0. The highest BCUT2D eigenvalue weighted by Crippen LogP contribution is 2.40. The molecule has 0 radical (unpaired) electrons. The fourth-order valence-electron chi connectivity index (χ4n) is 3.29. The van der Waals surface area contributed by atoms with Gasteiger partial charge >= 0.3 is 6.03 Å². The number of carbonyl (C=O) groups excluding carboxylic acids is 1. The molecule has 6 heteroatoms. The summed E-state index contributed by atoms with van der Waals surface area (Å²) >= 11 is 0. The van der Waals surface area contributed by atoms with E-state index in [4.69, 9.17) is 4.74 Å². The van der Waals surface area contributed by atoms with Crippen LogP contribution in [0.25, 0.3) is 0 Å². The zero-order valence-corrected chi connectivity index (χ0v) is 13.8. The van der Waals surface area contributed by atoms with E-state index >= 15 is 0 Å². The molecule has 2 aromatic rings. The number of anilines is 1. The Hall–Kier alpha value is -3.04. The molecule has 0 unspecified atom stereocenters. The summed E-state index contributed by atoms with van der Waals surface area (Å²) in [7, 11) is 1.52. The second kappa shape index (κ2) is 7.24. The lowest BCUT2D eigenvalue weighted by Crippen LogP contribution is -2.66. The molecule has 3 atom stereocenters. The van der Waals surface area contributed by atoms with Crippen molar-refractivity contribution < 1.29 is 14.6 Å². The predicted molar refractivity (Wildman–Crippen MR) is 93.3 cm³/mol. The van der Waals surface area contributed by atoms with Crippen molar-refractivity contribution >= 4 is 11.7 Å². The number of hydrogen-bond acceptors (Lipinski definition) is 4. The van der Waals surface area contributed by atoms with Gasteiger partial charge in [-0.2, -0.15) is 5.26 Å². The molecule has 1 fully saturated rings. The number of carbonyl (C=O) groups is 1. The highest BCUT2D eigenvalue weighted by molar-refractivity contribution is 5.92. The highest BCUT2D eigenvalue weighted by atomic mass is 16.5. The van der Waals surface area contributed by atoms with Crippen LogP contribution in [0.3, 0.4) is 0 Å². The highest BCUT2D eigenvalue weighted by Gasteiger charge is 2.51. The molecule has 2 amide bonds. The first-order chi connectivity index (χ1) is 12.2. The normalized spacial score (nSPS) is 21.8. The van der Waals surface area contributed by atoms with Gasteiger partial charge in [-0.05, 0) is 17.7 Å². The zero-order chi connectivity index (χ0) is 17.8. The van der Waals surface area contributed by atoms with E-state index in [9.17, 15) is 15.2 Å². The van der Waals surface area contributed by atoms with Crippen LogP contribution in [0, 0.1) is 11.3 Å². The molecule has 3 rings (SSSR count). The van der Waals surface area contributed by atoms with Crippen LogP contribution in [0.1, 0.15) is 11.5 Å². The smallest absolute Gasteiger partial charge is 0.323 e. The van der Waals surface area contributed by atoms with E-state index in [0.717, 1.165) is 5.56 Å². The third-order valence-corrected chi connectivity index (χ3v) is 4.50. The van der Waals surface area contributed by atoms with Gasteiger partial charge in [0.25, 0.3) is 0 Å². The first-order valence-corrected chi connectivity index (χ1v) is 7.99. The Morgan fingerprint density at radius 2 is 1.92 bits per heavy atom. The van der Waals surface area contributed by atoms with Crippen LogP contribution in [0.5, 0.6) is 5.75 Å². The van der Waals surface area contributed by atoms with Gasteiger partial charge in [0.2, 0.25) is 0 Å². The summed E-state index contributed by atoms with van der Waals surface area (Å²) < 4.78 is 5.23. The largest absolute Gasteiger partial charge is 0.495 e. The number of nitriles is 1. The molecular weight excluding hydrogens is 318 g/mol. The predicted octanol–water partition coefficient (Wildman–Crippen LogP) is 2.58. The van der Waals surface area contributed by atoms with Crippen LogP contribution in [0.15, 0.2) is 54.6 Å². The van der Waals surface area contributed by atoms with Crippen LogP contribution in [0.4, 0.5) is 10.5 Å². The van der Waals surface area contributed by atoms with Gasteiger partial charge in [0.15, 0.2) is 0 Å². The SMILES string of the molecule is COc1ccccc1NC(=O)N1[C@H](CO)[C@H](c2ccccc2)[C@@H]1C#N. The quantitative estimate of drug-likeness (QED) is 0.898. The molecule has 0 aromatic heterocycles. The lowest BCUT2D eigenvalue weighted by Gasteiger charge is -2.51. The topological polar surface area (TPSA) is 85.6 Å². The van der Waals surface area contributed by atoms with E-state index in [1.165, 1.54) is 12.0 Å². The second-order valence-corrected chi connectivity index (χ2v) is 5.80. The maximum Gasteiger partial charge on any atom is 0.323 e. The molecule has 1 saturated heterocycles. The van der Waals surface area contributed by atoms with Crippen molar-refractivity contribution in [2.45, 2.75) is 18.0 Å². The van der Waals surface area contributed by atoms with Crippen molar-refractivity contribution in [1.29, 1.82) is 5.26 Å². The number of nitrogens with one attached hydrogen (secondary N) is 1. The fourth-order valence-corrected chi connectivity index (χ4v) is 3.29. The van der Waals surface area contributed by atoms with Gasteiger partial charge in [0, 0.05) is 5.92 Å². The first kappa shape index (κ1) is 16.8. The molecule has 25 heavy (non-hydrogen) atoms. The van der Waals surface area contributed by atoms with Crippen molar-refractivity contribution in [3.05, 3.63) is 60.2 Å². The lowest BCUT2D eigenvalue weighted by molar-refractivity contribution is 0.0223. The van der Waals surface area contributed by atoms with Gasteiger partial charge < -0.3 is 20.1 Å². The number of aliphatic hydroxyl groups excluding tert-OH is 1. The summed E-state index contributed by atoms with van der Waals surface area (Å²) in [4.78, 5) is 14.1. The maximum atomic E-state index is 12.7. The number of hydrogen-bond donors (Lipinski definition) is 2. The third kappa shape index (κ3) is 3.02. The average molecular weight is 337 g/mol. The molecular formula is C19H19N3O3. The molecule has 1 aliphatic heterocycles. The molecule has 1 heterocycles. The van der Waals surface area contributed by atoms with Crippen molar-refractivity contribution in [1.82, 2.24) is 4.90 Å². The average Bonchev–Trinajstić information content (AvgIpc) is 2.63. The van der Waals surface area contributed by atoms with Gasteiger partial charge in [-0.3, -0.25) is 0 Å². The number of nitrogens with zero attached hydrogens (tertiary/aromatic N) is 2. The van der Waals surface area contributed by atoms with E-state index in [2.05, 4.69) is 11.4 Å². The number of benzene rings is 2. The minimum absolute atomic E-state index is 0.209. The van der Waals surface area contributed by atoms with Crippen molar-refractivity contribution in [3.8, 4) is 11.8 Å². The summed E-state index contributed by atoms with van der Waals surface area (Å²) in [6.45, 7) is -0.211. The summed E-state index contributed by atoms with van der Waals surface area (Å²) in [6, 6.07) is 17.2. The van der Waals surface area contributed by atoms with E-state index in [0.29, 0.717) is 11.4 Å². The monoisotopic (exact) mass is 337 g/mol. The number of para-hydroxylation sites is 2. The Morgan fingerprint density at radius 3 is 2.56 bits per heavy atom. The molecule has 0 aliphatic carbocycles. The van der Waals surface area contributed by atoms with E-state index < -0.39 is 18.1 Å². The van der Waals surface area contributed by atoms with Crippen LogP contribution >= 0.6 is 0 Å². The minimum Gasteiger partial charge on any atom is -0.495 e. The van der Waals surface area contributed by atoms with Gasteiger partial charge in [0.1, 0.15) is 11.8 Å². The van der Waals surface area contributed by atoms with E-state index in [1.807, 2.05) is 30.3 Å². The molecule has 0 spiro atoms. The van der Waals surface area contributed by atoms with Crippen LogP contribution in [0.2, 0.25) is 0 Å². The number of amides is 2. The van der Waals surface area contributed by atoms with Gasteiger partial charge in [-0.15, -0.1) is 0 Å².